The van der Waals surface area contributed by atoms with Crippen molar-refractivity contribution in [3.8, 4) is 0 Å². The highest BCUT2D eigenvalue weighted by molar-refractivity contribution is 5.31. The molecule has 0 bridgehead atoms. The molecule has 0 radical (unpaired) electrons. The van der Waals surface area contributed by atoms with Crippen molar-refractivity contribution in [2.45, 2.75) is 13.3 Å². The van der Waals surface area contributed by atoms with Gasteiger partial charge in [-0.15, -0.1) is 0 Å². The molecular formula is C9H12O. The lowest BCUT2D eigenvalue weighted by Crippen LogP contribution is -1.91. The van der Waals surface area contributed by atoms with E-state index in [1.54, 1.807) is 7.11 Å². The molecule has 0 atom stereocenters. The molecule has 1 heteroatoms. The average Bonchev–Trinajstić information content (AvgIpc) is 2.05. The molecule has 0 saturated heterocycles. The molecule has 0 amide bonds. The van der Waals surface area contributed by atoms with Gasteiger partial charge in [0.15, 0.2) is 0 Å². The van der Waals surface area contributed by atoms with Gasteiger partial charge < -0.3 is 4.74 Å². The van der Waals surface area contributed by atoms with Gasteiger partial charge in [-0.25, -0.2) is 0 Å². The third-order valence-corrected chi connectivity index (χ3v) is 1.60. The number of methoxy groups -OCH3 is 1. The maximum absolute atomic E-state index is 5.09. The molecule has 1 aliphatic carbocycles. The molecule has 0 aromatic heterocycles. The van der Waals surface area contributed by atoms with Crippen LogP contribution in [-0.4, -0.2) is 7.11 Å². The molecular weight excluding hydrogens is 124 g/mol. The maximum Gasteiger partial charge on any atom is 0.0999 e. The van der Waals surface area contributed by atoms with Gasteiger partial charge in [-0.2, -0.15) is 0 Å². The number of hydrogen-bond acceptors (Lipinski definition) is 1. The van der Waals surface area contributed by atoms with Crippen LogP contribution in [0.1, 0.15) is 13.3 Å². The highest BCUT2D eigenvalue weighted by Crippen LogP contribution is 2.17. The van der Waals surface area contributed by atoms with Gasteiger partial charge in [-0.05, 0) is 18.6 Å². The first kappa shape index (κ1) is 7.13. The van der Waals surface area contributed by atoms with E-state index in [1.165, 1.54) is 5.57 Å². The van der Waals surface area contributed by atoms with E-state index in [0.29, 0.717) is 0 Å². The monoisotopic (exact) mass is 136 g/mol. The molecule has 0 saturated carbocycles. The summed E-state index contributed by atoms with van der Waals surface area (Å²) in [6, 6.07) is 0. The fraction of sp³-hybridized carbons (Fsp3) is 0.333. The van der Waals surface area contributed by atoms with Crippen molar-refractivity contribution in [1.82, 2.24) is 0 Å². The van der Waals surface area contributed by atoms with Crippen LogP contribution in [0.3, 0.4) is 0 Å². The summed E-state index contributed by atoms with van der Waals surface area (Å²) in [4.78, 5) is 0. The summed E-state index contributed by atoms with van der Waals surface area (Å²) in [5.41, 5.74) is 1.32. The van der Waals surface area contributed by atoms with Crippen LogP contribution in [-0.2, 0) is 4.74 Å². The van der Waals surface area contributed by atoms with E-state index in [2.05, 4.69) is 12.2 Å². The standard InChI is InChI=1S/C9H12O/c1-3-8-5-4-6-9(7-8)10-2/h3-6H,7H2,1-2H3/b8-3-. The number of rotatable bonds is 1. The van der Waals surface area contributed by atoms with Gasteiger partial charge in [0, 0.05) is 6.42 Å². The first-order chi connectivity index (χ1) is 4.86. The highest BCUT2D eigenvalue weighted by Gasteiger charge is 2.01. The quantitative estimate of drug-likeness (QED) is 0.538. The van der Waals surface area contributed by atoms with E-state index in [1.807, 2.05) is 19.1 Å². The van der Waals surface area contributed by atoms with Crippen molar-refractivity contribution in [2.24, 2.45) is 0 Å². The van der Waals surface area contributed by atoms with Crippen molar-refractivity contribution in [3.05, 3.63) is 35.6 Å². The van der Waals surface area contributed by atoms with Gasteiger partial charge in [-0.1, -0.05) is 18.2 Å². The first-order valence-corrected chi connectivity index (χ1v) is 3.43. The molecule has 0 N–H and O–H groups in total. The normalized spacial score (nSPS) is 21.0. The van der Waals surface area contributed by atoms with Crippen molar-refractivity contribution in [2.75, 3.05) is 7.11 Å². The molecule has 10 heavy (non-hydrogen) atoms. The molecule has 1 nitrogen and oxygen atoms in total. The SMILES string of the molecule is C/C=C1/C=CC=C(OC)C1. The van der Waals surface area contributed by atoms with E-state index in [4.69, 9.17) is 4.74 Å². The summed E-state index contributed by atoms with van der Waals surface area (Å²) in [6.07, 6.45) is 9.14. The Morgan fingerprint density at radius 3 is 3.00 bits per heavy atom. The van der Waals surface area contributed by atoms with Crippen LogP contribution in [0.5, 0.6) is 0 Å². The first-order valence-electron chi connectivity index (χ1n) is 3.43. The Morgan fingerprint density at radius 2 is 2.40 bits per heavy atom. The third kappa shape index (κ3) is 1.50. The van der Waals surface area contributed by atoms with Crippen LogP contribution in [0.2, 0.25) is 0 Å². The molecule has 1 rings (SSSR count). The molecule has 0 spiro atoms. The van der Waals surface area contributed by atoms with Crippen molar-refractivity contribution < 1.29 is 4.74 Å². The van der Waals surface area contributed by atoms with Crippen LogP contribution >= 0.6 is 0 Å². The molecule has 0 aromatic carbocycles. The fourth-order valence-electron chi connectivity index (χ4n) is 0.937. The Bertz CT molecular complexity index is 197. The Hall–Kier alpha value is -0.980. The lowest BCUT2D eigenvalue weighted by Gasteiger charge is -2.09. The van der Waals surface area contributed by atoms with Crippen LogP contribution in [0, 0.1) is 0 Å². The summed E-state index contributed by atoms with van der Waals surface area (Å²) in [6.45, 7) is 2.04. The third-order valence-electron chi connectivity index (χ3n) is 1.60. The summed E-state index contributed by atoms with van der Waals surface area (Å²) in [5, 5.41) is 0. The second kappa shape index (κ2) is 3.25. The summed E-state index contributed by atoms with van der Waals surface area (Å²) >= 11 is 0. The van der Waals surface area contributed by atoms with Gasteiger partial charge >= 0.3 is 0 Å². The van der Waals surface area contributed by atoms with Crippen molar-refractivity contribution in [1.29, 1.82) is 0 Å². The lowest BCUT2D eigenvalue weighted by atomic mass is 10.1. The van der Waals surface area contributed by atoms with Crippen LogP contribution < -0.4 is 0 Å². The predicted octanol–water partition coefficient (Wildman–Crippen LogP) is 2.42. The fourth-order valence-corrected chi connectivity index (χ4v) is 0.937. The Kier molecular flexibility index (Phi) is 2.32. The zero-order valence-corrected chi connectivity index (χ0v) is 6.42. The minimum absolute atomic E-state index is 0.934. The van der Waals surface area contributed by atoms with E-state index < -0.39 is 0 Å². The van der Waals surface area contributed by atoms with E-state index in [9.17, 15) is 0 Å². The summed E-state index contributed by atoms with van der Waals surface area (Å²) < 4.78 is 5.09. The van der Waals surface area contributed by atoms with Gasteiger partial charge in [0.05, 0.1) is 12.9 Å². The average molecular weight is 136 g/mol. The smallest absolute Gasteiger partial charge is 0.0999 e. The molecule has 1 aliphatic rings. The zero-order valence-electron chi connectivity index (χ0n) is 6.42. The van der Waals surface area contributed by atoms with Gasteiger partial charge in [0.2, 0.25) is 0 Å². The summed E-state index contributed by atoms with van der Waals surface area (Å²) in [5.74, 6) is 1.04. The van der Waals surface area contributed by atoms with Gasteiger partial charge in [-0.3, -0.25) is 0 Å². The predicted molar refractivity (Wildman–Crippen MR) is 42.6 cm³/mol. The number of ether oxygens (including phenoxy) is 1. The number of hydrogen-bond donors (Lipinski definition) is 0. The van der Waals surface area contributed by atoms with Gasteiger partial charge in [0.1, 0.15) is 0 Å². The second-order valence-corrected chi connectivity index (χ2v) is 2.24. The highest BCUT2D eigenvalue weighted by atomic mass is 16.5. The van der Waals surface area contributed by atoms with Crippen LogP contribution in [0.15, 0.2) is 35.6 Å². The molecule has 0 aromatic rings. The Labute approximate surface area is 61.7 Å². The van der Waals surface area contributed by atoms with Crippen molar-refractivity contribution >= 4 is 0 Å². The zero-order chi connectivity index (χ0) is 7.40. The largest absolute Gasteiger partial charge is 0.501 e. The summed E-state index contributed by atoms with van der Waals surface area (Å²) in [7, 11) is 1.71. The minimum Gasteiger partial charge on any atom is -0.501 e. The molecule has 0 unspecified atom stereocenters. The van der Waals surface area contributed by atoms with E-state index >= 15 is 0 Å². The second-order valence-electron chi connectivity index (χ2n) is 2.24. The van der Waals surface area contributed by atoms with Crippen molar-refractivity contribution in [3.63, 3.8) is 0 Å². The molecule has 0 fully saturated rings. The van der Waals surface area contributed by atoms with Crippen LogP contribution in [0.4, 0.5) is 0 Å². The topological polar surface area (TPSA) is 9.23 Å². The molecule has 0 heterocycles. The Morgan fingerprint density at radius 1 is 1.60 bits per heavy atom. The maximum atomic E-state index is 5.09. The van der Waals surface area contributed by atoms with E-state index in [-0.39, 0.29) is 0 Å². The lowest BCUT2D eigenvalue weighted by molar-refractivity contribution is 0.283. The van der Waals surface area contributed by atoms with Gasteiger partial charge in [0.25, 0.3) is 0 Å². The Balaban J connectivity index is 2.68. The molecule has 0 aliphatic heterocycles. The number of allylic oxidation sites excluding steroid dienone is 5. The van der Waals surface area contributed by atoms with Crippen LogP contribution in [0.25, 0.3) is 0 Å². The van der Waals surface area contributed by atoms with E-state index in [0.717, 1.165) is 12.2 Å². The molecule has 54 valence electrons. The minimum atomic E-state index is 0.934.